The van der Waals surface area contributed by atoms with Crippen molar-refractivity contribution in [3.8, 4) is 0 Å². The Morgan fingerprint density at radius 1 is 1.31 bits per heavy atom. The lowest BCUT2D eigenvalue weighted by atomic mass is 10.2. The molecule has 0 unspecified atom stereocenters. The summed E-state index contributed by atoms with van der Waals surface area (Å²) in [5.41, 5.74) is 7.12. The van der Waals surface area contributed by atoms with Crippen LogP contribution in [-0.2, 0) is 13.1 Å². The summed E-state index contributed by atoms with van der Waals surface area (Å²) in [6.07, 6.45) is 1.88. The van der Waals surface area contributed by atoms with Crippen LogP contribution in [0.15, 0.2) is 36.5 Å². The molecule has 0 saturated heterocycles. The monoisotopic (exact) mass is 238 g/mol. The summed E-state index contributed by atoms with van der Waals surface area (Å²) in [5.74, 6) is -0.249. The molecule has 0 spiro atoms. The highest BCUT2D eigenvalue weighted by Gasteiger charge is 2.05. The molecule has 2 aromatic rings. The average Bonchev–Trinajstić information content (AvgIpc) is 2.71. The number of hydrogen-bond acceptors (Lipinski definition) is 1. The van der Waals surface area contributed by atoms with Gasteiger partial charge in [0.15, 0.2) is 0 Å². The standard InChI is InChI=1S/C12H12ClFN2/c13-10-3-4-12(14)9(6-10)8-16-5-1-2-11(16)7-15/h1-6H,7-8,15H2. The first-order valence-corrected chi connectivity index (χ1v) is 5.36. The predicted octanol–water partition coefficient (Wildman–Crippen LogP) is 2.79. The van der Waals surface area contributed by atoms with Gasteiger partial charge in [0, 0.05) is 29.0 Å². The van der Waals surface area contributed by atoms with Crippen LogP contribution in [0, 0.1) is 5.82 Å². The van der Waals surface area contributed by atoms with E-state index in [-0.39, 0.29) is 5.82 Å². The van der Waals surface area contributed by atoms with Gasteiger partial charge in [-0.05, 0) is 30.3 Å². The van der Waals surface area contributed by atoms with Crippen LogP contribution in [0.5, 0.6) is 0 Å². The molecule has 0 aliphatic rings. The molecule has 2 N–H and O–H groups in total. The Morgan fingerprint density at radius 3 is 2.88 bits per heavy atom. The second-order valence-corrected chi connectivity index (χ2v) is 4.00. The van der Waals surface area contributed by atoms with Gasteiger partial charge in [-0.15, -0.1) is 0 Å². The number of rotatable bonds is 3. The van der Waals surface area contributed by atoms with Crippen molar-refractivity contribution in [2.75, 3.05) is 0 Å². The van der Waals surface area contributed by atoms with E-state index in [1.807, 2.05) is 22.9 Å². The van der Waals surface area contributed by atoms with Crippen LogP contribution in [-0.4, -0.2) is 4.57 Å². The topological polar surface area (TPSA) is 30.9 Å². The first kappa shape index (κ1) is 11.2. The molecular weight excluding hydrogens is 227 g/mol. The number of hydrogen-bond donors (Lipinski definition) is 1. The molecule has 0 radical (unpaired) electrons. The van der Waals surface area contributed by atoms with Gasteiger partial charge in [-0.25, -0.2) is 4.39 Å². The Balaban J connectivity index is 2.30. The van der Waals surface area contributed by atoms with E-state index < -0.39 is 0 Å². The summed E-state index contributed by atoms with van der Waals surface area (Å²) < 4.78 is 15.4. The van der Waals surface area contributed by atoms with Crippen molar-refractivity contribution in [1.82, 2.24) is 4.57 Å². The number of halogens is 2. The number of aromatic nitrogens is 1. The van der Waals surface area contributed by atoms with Crippen molar-refractivity contribution in [3.05, 3.63) is 58.6 Å². The van der Waals surface area contributed by atoms with Gasteiger partial charge in [0.2, 0.25) is 0 Å². The maximum absolute atomic E-state index is 13.5. The molecule has 1 aromatic carbocycles. The highest BCUT2D eigenvalue weighted by molar-refractivity contribution is 6.30. The van der Waals surface area contributed by atoms with Crippen LogP contribution in [0.4, 0.5) is 4.39 Å². The lowest BCUT2D eigenvalue weighted by Crippen LogP contribution is -2.08. The van der Waals surface area contributed by atoms with Crippen LogP contribution in [0.3, 0.4) is 0 Å². The van der Waals surface area contributed by atoms with Crippen molar-refractivity contribution >= 4 is 11.6 Å². The quantitative estimate of drug-likeness (QED) is 0.876. The van der Waals surface area contributed by atoms with Crippen molar-refractivity contribution in [2.45, 2.75) is 13.1 Å². The van der Waals surface area contributed by atoms with Crippen molar-refractivity contribution < 1.29 is 4.39 Å². The van der Waals surface area contributed by atoms with Gasteiger partial charge in [-0.2, -0.15) is 0 Å². The summed E-state index contributed by atoms with van der Waals surface area (Å²) in [6.45, 7) is 0.890. The van der Waals surface area contributed by atoms with Crippen molar-refractivity contribution in [1.29, 1.82) is 0 Å². The largest absolute Gasteiger partial charge is 0.346 e. The van der Waals surface area contributed by atoms with E-state index in [9.17, 15) is 4.39 Å². The van der Waals surface area contributed by atoms with Gasteiger partial charge in [-0.3, -0.25) is 0 Å². The minimum Gasteiger partial charge on any atom is -0.346 e. The van der Waals surface area contributed by atoms with E-state index >= 15 is 0 Å². The minimum absolute atomic E-state index is 0.249. The van der Waals surface area contributed by atoms with E-state index in [0.717, 1.165) is 5.69 Å². The second kappa shape index (κ2) is 4.68. The molecule has 2 rings (SSSR count). The third-order valence-corrected chi connectivity index (χ3v) is 2.72. The molecule has 16 heavy (non-hydrogen) atoms. The van der Waals surface area contributed by atoms with E-state index in [0.29, 0.717) is 23.7 Å². The van der Waals surface area contributed by atoms with Gasteiger partial charge in [0.05, 0.1) is 6.54 Å². The van der Waals surface area contributed by atoms with E-state index in [1.54, 1.807) is 12.1 Å². The maximum atomic E-state index is 13.5. The van der Waals surface area contributed by atoms with Crippen LogP contribution >= 0.6 is 11.6 Å². The first-order chi connectivity index (χ1) is 7.70. The highest BCUT2D eigenvalue weighted by Crippen LogP contribution is 2.17. The van der Waals surface area contributed by atoms with Gasteiger partial charge in [-0.1, -0.05) is 11.6 Å². The third-order valence-electron chi connectivity index (χ3n) is 2.48. The molecule has 0 aliphatic carbocycles. The molecule has 1 heterocycles. The third kappa shape index (κ3) is 2.26. The van der Waals surface area contributed by atoms with Crippen LogP contribution in [0.1, 0.15) is 11.3 Å². The molecule has 0 atom stereocenters. The molecule has 1 aromatic heterocycles. The van der Waals surface area contributed by atoms with Crippen molar-refractivity contribution in [3.63, 3.8) is 0 Å². The van der Waals surface area contributed by atoms with Gasteiger partial charge >= 0.3 is 0 Å². The smallest absolute Gasteiger partial charge is 0.128 e. The fourth-order valence-electron chi connectivity index (χ4n) is 1.64. The average molecular weight is 239 g/mol. The summed E-state index contributed by atoms with van der Waals surface area (Å²) in [5, 5.41) is 0.540. The molecule has 0 fully saturated rings. The fraction of sp³-hybridized carbons (Fsp3) is 0.167. The molecule has 0 saturated carbocycles. The Kier molecular flexibility index (Phi) is 3.27. The van der Waals surface area contributed by atoms with E-state index in [1.165, 1.54) is 6.07 Å². The lowest BCUT2D eigenvalue weighted by Gasteiger charge is -2.09. The first-order valence-electron chi connectivity index (χ1n) is 4.98. The number of benzene rings is 1. The lowest BCUT2D eigenvalue weighted by molar-refractivity contribution is 0.596. The highest BCUT2D eigenvalue weighted by atomic mass is 35.5. The number of nitrogens with zero attached hydrogens (tertiary/aromatic N) is 1. The van der Waals surface area contributed by atoms with Gasteiger partial charge < -0.3 is 10.3 Å². The molecule has 0 aliphatic heterocycles. The van der Waals surface area contributed by atoms with Crippen LogP contribution < -0.4 is 5.73 Å². The van der Waals surface area contributed by atoms with Gasteiger partial charge in [0.1, 0.15) is 5.82 Å². The minimum atomic E-state index is -0.249. The molecular formula is C12H12ClFN2. The summed E-state index contributed by atoms with van der Waals surface area (Å²) in [4.78, 5) is 0. The van der Waals surface area contributed by atoms with Gasteiger partial charge in [0.25, 0.3) is 0 Å². The summed E-state index contributed by atoms with van der Waals surface area (Å²) in [7, 11) is 0. The Labute approximate surface area is 98.4 Å². The zero-order chi connectivity index (χ0) is 11.5. The second-order valence-electron chi connectivity index (χ2n) is 3.57. The van der Waals surface area contributed by atoms with Crippen LogP contribution in [0.2, 0.25) is 5.02 Å². The number of nitrogens with two attached hydrogens (primary N) is 1. The summed E-state index contributed by atoms with van der Waals surface area (Å²) in [6, 6.07) is 8.37. The molecule has 84 valence electrons. The van der Waals surface area contributed by atoms with E-state index in [4.69, 9.17) is 17.3 Å². The maximum Gasteiger partial charge on any atom is 0.128 e. The summed E-state index contributed by atoms with van der Waals surface area (Å²) >= 11 is 5.83. The van der Waals surface area contributed by atoms with Crippen LogP contribution in [0.25, 0.3) is 0 Å². The zero-order valence-electron chi connectivity index (χ0n) is 8.66. The molecule has 0 amide bonds. The van der Waals surface area contributed by atoms with Crippen molar-refractivity contribution in [2.24, 2.45) is 5.73 Å². The molecule has 4 heteroatoms. The van der Waals surface area contributed by atoms with E-state index in [2.05, 4.69) is 0 Å². The predicted molar refractivity (Wildman–Crippen MR) is 62.8 cm³/mol. The fourth-order valence-corrected chi connectivity index (χ4v) is 1.83. The molecule has 0 bridgehead atoms. The zero-order valence-corrected chi connectivity index (χ0v) is 9.41. The Hall–Kier alpha value is -1.32. The Bertz CT molecular complexity index is 494. The molecule has 2 nitrogen and oxygen atoms in total. The SMILES string of the molecule is NCc1cccn1Cc1cc(Cl)ccc1F. The normalized spacial score (nSPS) is 10.7. The Morgan fingerprint density at radius 2 is 2.12 bits per heavy atom.